The standard InChI is InChI=1S/C17H17N5S/c1-11(2)20-17-21-15(14-7-8-23-16(14)22-17)19-10-13-5-3-12(9-18)4-6-13/h3-8,11H,10H2,1-2H3,(H2,19,20,21,22). The summed E-state index contributed by atoms with van der Waals surface area (Å²) in [5.74, 6) is 1.46. The first-order valence-electron chi connectivity index (χ1n) is 7.40. The Kier molecular flexibility index (Phi) is 4.40. The van der Waals surface area contributed by atoms with E-state index in [0.717, 1.165) is 21.6 Å². The fourth-order valence-corrected chi connectivity index (χ4v) is 2.96. The summed E-state index contributed by atoms with van der Waals surface area (Å²) in [4.78, 5) is 10.1. The van der Waals surface area contributed by atoms with Gasteiger partial charge in [0.1, 0.15) is 10.6 Å². The number of anilines is 2. The van der Waals surface area contributed by atoms with Gasteiger partial charge in [0, 0.05) is 12.6 Å². The van der Waals surface area contributed by atoms with Gasteiger partial charge in [-0.25, -0.2) is 4.98 Å². The van der Waals surface area contributed by atoms with Crippen molar-refractivity contribution in [1.29, 1.82) is 5.26 Å². The number of benzene rings is 1. The quantitative estimate of drug-likeness (QED) is 0.742. The van der Waals surface area contributed by atoms with Crippen molar-refractivity contribution in [2.24, 2.45) is 0 Å². The maximum Gasteiger partial charge on any atom is 0.226 e. The maximum absolute atomic E-state index is 8.85. The molecule has 2 heterocycles. The van der Waals surface area contributed by atoms with Crippen molar-refractivity contribution >= 4 is 33.3 Å². The Balaban J connectivity index is 1.83. The van der Waals surface area contributed by atoms with Crippen molar-refractivity contribution in [2.45, 2.75) is 26.4 Å². The zero-order valence-corrected chi connectivity index (χ0v) is 13.8. The van der Waals surface area contributed by atoms with Crippen LogP contribution in [0.1, 0.15) is 25.0 Å². The van der Waals surface area contributed by atoms with Gasteiger partial charge in [-0.1, -0.05) is 12.1 Å². The van der Waals surface area contributed by atoms with E-state index in [1.807, 2.05) is 35.7 Å². The molecule has 0 radical (unpaired) electrons. The highest BCUT2D eigenvalue weighted by Crippen LogP contribution is 2.27. The van der Waals surface area contributed by atoms with E-state index >= 15 is 0 Å². The maximum atomic E-state index is 8.85. The van der Waals surface area contributed by atoms with Crippen LogP contribution < -0.4 is 10.6 Å². The lowest BCUT2D eigenvalue weighted by Crippen LogP contribution is -2.13. The first-order chi connectivity index (χ1) is 11.2. The second-order valence-electron chi connectivity index (χ2n) is 5.50. The third-order valence-electron chi connectivity index (χ3n) is 3.29. The molecule has 116 valence electrons. The van der Waals surface area contributed by atoms with E-state index in [0.29, 0.717) is 18.1 Å². The number of rotatable bonds is 5. The number of nitrogens with one attached hydrogen (secondary N) is 2. The fraction of sp³-hybridized carbons (Fsp3) is 0.235. The highest BCUT2D eigenvalue weighted by atomic mass is 32.1. The van der Waals surface area contributed by atoms with Gasteiger partial charge in [-0.2, -0.15) is 10.2 Å². The minimum atomic E-state index is 0.277. The number of fused-ring (bicyclic) bond motifs is 1. The first-order valence-corrected chi connectivity index (χ1v) is 8.28. The molecule has 3 rings (SSSR count). The Labute approximate surface area is 139 Å². The van der Waals surface area contributed by atoms with Crippen LogP contribution in [0.4, 0.5) is 11.8 Å². The first kappa shape index (κ1) is 15.3. The van der Waals surface area contributed by atoms with Crippen LogP contribution in [0, 0.1) is 11.3 Å². The Morgan fingerprint density at radius 2 is 1.96 bits per heavy atom. The molecule has 1 aromatic carbocycles. The molecule has 2 N–H and O–H groups in total. The molecule has 0 amide bonds. The normalized spacial score (nSPS) is 10.7. The van der Waals surface area contributed by atoms with Gasteiger partial charge in [-0.15, -0.1) is 11.3 Å². The molecule has 0 unspecified atom stereocenters. The second kappa shape index (κ2) is 6.63. The summed E-state index contributed by atoms with van der Waals surface area (Å²) < 4.78 is 0. The Morgan fingerprint density at radius 3 is 2.65 bits per heavy atom. The molecular weight excluding hydrogens is 306 g/mol. The Morgan fingerprint density at radius 1 is 1.17 bits per heavy atom. The number of hydrogen-bond donors (Lipinski definition) is 2. The van der Waals surface area contributed by atoms with Crippen LogP contribution in [0.25, 0.3) is 10.2 Å². The molecule has 0 spiro atoms. The van der Waals surface area contributed by atoms with Crippen LogP contribution in [-0.2, 0) is 6.54 Å². The van der Waals surface area contributed by atoms with E-state index in [2.05, 4.69) is 40.5 Å². The molecule has 0 aliphatic rings. The topological polar surface area (TPSA) is 73.6 Å². The molecule has 0 bridgehead atoms. The predicted octanol–water partition coefficient (Wildman–Crippen LogP) is 4.00. The third kappa shape index (κ3) is 3.58. The van der Waals surface area contributed by atoms with Gasteiger partial charge < -0.3 is 10.6 Å². The zero-order valence-electron chi connectivity index (χ0n) is 13.0. The van der Waals surface area contributed by atoms with E-state index < -0.39 is 0 Å². The van der Waals surface area contributed by atoms with Gasteiger partial charge in [-0.05, 0) is 43.0 Å². The SMILES string of the molecule is CC(C)Nc1nc(NCc2ccc(C#N)cc2)c2ccsc2n1. The summed E-state index contributed by atoms with van der Waals surface area (Å²) in [7, 11) is 0. The molecule has 6 heteroatoms. The number of aromatic nitrogens is 2. The van der Waals surface area contributed by atoms with Gasteiger partial charge in [-0.3, -0.25) is 0 Å². The monoisotopic (exact) mass is 323 g/mol. The summed E-state index contributed by atoms with van der Waals surface area (Å²) in [5, 5.41) is 18.5. The Bertz CT molecular complexity index is 846. The molecule has 0 aliphatic heterocycles. The molecule has 0 saturated carbocycles. The van der Waals surface area contributed by atoms with Crippen molar-refractivity contribution in [3.05, 3.63) is 46.8 Å². The van der Waals surface area contributed by atoms with E-state index in [4.69, 9.17) is 5.26 Å². The van der Waals surface area contributed by atoms with Crippen molar-refractivity contribution < 1.29 is 0 Å². The molecule has 0 aliphatic carbocycles. The fourth-order valence-electron chi connectivity index (χ4n) is 2.20. The predicted molar refractivity (Wildman–Crippen MR) is 94.7 cm³/mol. The minimum absolute atomic E-state index is 0.277. The lowest BCUT2D eigenvalue weighted by Gasteiger charge is -2.12. The smallest absolute Gasteiger partial charge is 0.226 e. The summed E-state index contributed by atoms with van der Waals surface area (Å²) in [6.45, 7) is 4.77. The highest BCUT2D eigenvalue weighted by Gasteiger charge is 2.09. The van der Waals surface area contributed by atoms with Crippen molar-refractivity contribution in [1.82, 2.24) is 9.97 Å². The van der Waals surface area contributed by atoms with E-state index in [1.54, 1.807) is 11.3 Å². The summed E-state index contributed by atoms with van der Waals surface area (Å²) in [6, 6.07) is 12.0. The molecule has 5 nitrogen and oxygen atoms in total. The largest absolute Gasteiger partial charge is 0.365 e. The average molecular weight is 323 g/mol. The molecule has 0 atom stereocenters. The van der Waals surface area contributed by atoms with Gasteiger partial charge >= 0.3 is 0 Å². The van der Waals surface area contributed by atoms with E-state index in [9.17, 15) is 0 Å². The zero-order chi connectivity index (χ0) is 16.2. The van der Waals surface area contributed by atoms with Gasteiger partial charge in [0.05, 0.1) is 17.0 Å². The number of hydrogen-bond acceptors (Lipinski definition) is 6. The van der Waals surface area contributed by atoms with Crippen molar-refractivity contribution in [3.8, 4) is 6.07 Å². The van der Waals surface area contributed by atoms with Gasteiger partial charge in [0.15, 0.2) is 0 Å². The molecule has 3 aromatic rings. The van der Waals surface area contributed by atoms with Crippen LogP contribution in [0.2, 0.25) is 0 Å². The molecule has 2 aromatic heterocycles. The lowest BCUT2D eigenvalue weighted by atomic mass is 10.1. The van der Waals surface area contributed by atoms with Crippen LogP contribution >= 0.6 is 11.3 Å². The van der Waals surface area contributed by atoms with Gasteiger partial charge in [0.2, 0.25) is 5.95 Å². The molecular formula is C17H17N5S. The van der Waals surface area contributed by atoms with Crippen molar-refractivity contribution in [3.63, 3.8) is 0 Å². The summed E-state index contributed by atoms with van der Waals surface area (Å²) in [5.41, 5.74) is 1.77. The minimum Gasteiger partial charge on any atom is -0.365 e. The van der Waals surface area contributed by atoms with Crippen LogP contribution in [0.3, 0.4) is 0 Å². The van der Waals surface area contributed by atoms with Crippen molar-refractivity contribution in [2.75, 3.05) is 10.6 Å². The third-order valence-corrected chi connectivity index (χ3v) is 4.09. The summed E-state index contributed by atoms with van der Waals surface area (Å²) in [6.07, 6.45) is 0. The van der Waals surface area contributed by atoms with E-state index in [1.165, 1.54) is 0 Å². The number of nitriles is 1. The van der Waals surface area contributed by atoms with E-state index in [-0.39, 0.29) is 6.04 Å². The molecule has 0 saturated heterocycles. The molecule has 0 fully saturated rings. The lowest BCUT2D eigenvalue weighted by molar-refractivity contribution is 0.878. The highest BCUT2D eigenvalue weighted by molar-refractivity contribution is 7.16. The van der Waals surface area contributed by atoms with Crippen LogP contribution in [-0.4, -0.2) is 16.0 Å². The number of nitrogens with zero attached hydrogens (tertiary/aromatic N) is 3. The van der Waals surface area contributed by atoms with Crippen LogP contribution in [0.15, 0.2) is 35.7 Å². The average Bonchev–Trinajstić information content (AvgIpc) is 3.01. The molecule has 23 heavy (non-hydrogen) atoms. The number of thiophene rings is 1. The second-order valence-corrected chi connectivity index (χ2v) is 6.39. The summed E-state index contributed by atoms with van der Waals surface area (Å²) >= 11 is 1.60. The Hall–Kier alpha value is -2.65. The van der Waals surface area contributed by atoms with Crippen LogP contribution in [0.5, 0.6) is 0 Å². The van der Waals surface area contributed by atoms with Gasteiger partial charge in [0.25, 0.3) is 0 Å².